The minimum absolute atomic E-state index is 0.0133. The highest BCUT2D eigenvalue weighted by Gasteiger charge is 2.65. The highest BCUT2D eigenvalue weighted by Crippen LogP contribution is 2.55. The highest BCUT2D eigenvalue weighted by molar-refractivity contribution is 5.79. The topological polar surface area (TPSA) is 62.6 Å². The monoisotopic (exact) mass is 534 g/mol. The Kier molecular flexibility index (Phi) is 7.02. The van der Waals surface area contributed by atoms with Crippen molar-refractivity contribution in [2.75, 3.05) is 5.12 Å². The molecule has 3 unspecified atom stereocenters. The van der Waals surface area contributed by atoms with Crippen LogP contribution in [0.4, 0.5) is 37.8 Å². The molecule has 3 aromatic carbocycles. The fourth-order valence-electron chi connectivity index (χ4n) is 4.02. The Labute approximate surface area is 213 Å². The van der Waals surface area contributed by atoms with Gasteiger partial charge in [0.15, 0.2) is 0 Å². The van der Waals surface area contributed by atoms with Crippen molar-refractivity contribution >= 4 is 17.3 Å². The first-order valence-electron chi connectivity index (χ1n) is 11.3. The van der Waals surface area contributed by atoms with Crippen LogP contribution in [0, 0.1) is 34.3 Å². The Morgan fingerprint density at radius 3 is 2.24 bits per heavy atom. The van der Waals surface area contributed by atoms with Crippen LogP contribution in [0.1, 0.15) is 31.1 Å². The molecule has 0 saturated heterocycles. The highest BCUT2D eigenvalue weighted by atomic mass is 19.4. The quantitative estimate of drug-likeness (QED) is 0.182. The van der Waals surface area contributed by atoms with Gasteiger partial charge in [-0.2, -0.15) is 23.6 Å². The number of halogens is 6. The lowest BCUT2D eigenvalue weighted by atomic mass is 10.1. The molecule has 3 atom stereocenters. The number of carbonyl (C=O) groups is 1. The molecule has 11 heteroatoms. The molecule has 0 heterocycles. The van der Waals surface area contributed by atoms with Crippen molar-refractivity contribution in [2.45, 2.75) is 32.2 Å². The number of esters is 1. The van der Waals surface area contributed by atoms with Crippen LogP contribution in [0.3, 0.4) is 0 Å². The Bertz CT molecular complexity index is 1370. The summed E-state index contributed by atoms with van der Waals surface area (Å²) in [4.78, 5) is 12.9. The maximum Gasteiger partial charge on any atom is 0.416 e. The van der Waals surface area contributed by atoms with Gasteiger partial charge >= 0.3 is 12.1 Å². The van der Waals surface area contributed by atoms with E-state index in [1.807, 2.05) is 0 Å². The van der Waals surface area contributed by atoms with E-state index in [-0.39, 0.29) is 22.1 Å². The van der Waals surface area contributed by atoms with Gasteiger partial charge in [-0.3, -0.25) is 4.79 Å². The molecule has 1 aliphatic carbocycles. The summed E-state index contributed by atoms with van der Waals surface area (Å²) in [5, 5.41) is 9.57. The van der Waals surface area contributed by atoms with Crippen molar-refractivity contribution in [1.29, 1.82) is 5.26 Å². The van der Waals surface area contributed by atoms with Crippen molar-refractivity contribution in [3.63, 3.8) is 0 Å². The van der Waals surface area contributed by atoms with Gasteiger partial charge in [-0.05, 0) is 60.7 Å². The molecule has 1 saturated carbocycles. The van der Waals surface area contributed by atoms with Gasteiger partial charge in [-0.25, -0.2) is 8.78 Å². The Hall–Kier alpha value is -4.20. The lowest BCUT2D eigenvalue weighted by molar-refractivity contribution is -0.149. The first-order valence-corrected chi connectivity index (χ1v) is 11.3. The SMILES string of the molecule is CC1(C)C(Oc2ccc(C(F)(F)F)cc2)C1C(=O)OC(C#N)c1ccc(F)c(N(F)c2ccc(F)cc2)c1. The van der Waals surface area contributed by atoms with E-state index in [2.05, 4.69) is 0 Å². The van der Waals surface area contributed by atoms with Crippen LogP contribution in [0.2, 0.25) is 0 Å². The molecule has 198 valence electrons. The molecule has 0 bridgehead atoms. The van der Waals surface area contributed by atoms with Gasteiger partial charge in [0.05, 0.1) is 11.3 Å². The van der Waals surface area contributed by atoms with E-state index >= 15 is 0 Å². The zero-order chi connectivity index (χ0) is 27.8. The van der Waals surface area contributed by atoms with Gasteiger partial charge in [0.1, 0.15) is 41.2 Å². The molecule has 5 nitrogen and oxygen atoms in total. The third-order valence-corrected chi connectivity index (χ3v) is 6.32. The lowest BCUT2D eigenvalue weighted by Crippen LogP contribution is -2.16. The minimum Gasteiger partial charge on any atom is -0.489 e. The summed E-state index contributed by atoms with van der Waals surface area (Å²) < 4.78 is 91.8. The summed E-state index contributed by atoms with van der Waals surface area (Å²) >= 11 is 0. The van der Waals surface area contributed by atoms with E-state index in [1.54, 1.807) is 19.9 Å². The van der Waals surface area contributed by atoms with Crippen LogP contribution in [-0.2, 0) is 15.7 Å². The average molecular weight is 534 g/mol. The van der Waals surface area contributed by atoms with Gasteiger partial charge in [-0.15, -0.1) is 0 Å². The van der Waals surface area contributed by atoms with Crippen LogP contribution >= 0.6 is 0 Å². The molecule has 0 radical (unpaired) electrons. The summed E-state index contributed by atoms with van der Waals surface area (Å²) in [6, 6.07) is 13.0. The molecule has 0 spiro atoms. The zero-order valence-corrected chi connectivity index (χ0v) is 20.0. The van der Waals surface area contributed by atoms with E-state index in [0.717, 1.165) is 66.7 Å². The zero-order valence-electron chi connectivity index (χ0n) is 20.0. The maximum absolute atomic E-state index is 14.9. The molecule has 0 aliphatic heterocycles. The van der Waals surface area contributed by atoms with Gasteiger partial charge < -0.3 is 9.47 Å². The Balaban J connectivity index is 1.47. The predicted molar refractivity (Wildman–Crippen MR) is 124 cm³/mol. The molecule has 0 N–H and O–H groups in total. The molecule has 38 heavy (non-hydrogen) atoms. The smallest absolute Gasteiger partial charge is 0.416 e. The molecule has 0 aromatic heterocycles. The summed E-state index contributed by atoms with van der Waals surface area (Å²) in [7, 11) is 0. The fourth-order valence-corrected chi connectivity index (χ4v) is 4.02. The largest absolute Gasteiger partial charge is 0.489 e. The predicted octanol–water partition coefficient (Wildman–Crippen LogP) is 7.22. The second-order valence-electron chi connectivity index (χ2n) is 9.27. The van der Waals surface area contributed by atoms with E-state index in [9.17, 15) is 36.5 Å². The number of hydrogen-bond acceptors (Lipinski definition) is 5. The summed E-state index contributed by atoms with van der Waals surface area (Å²) in [6.45, 7) is 3.38. The third-order valence-electron chi connectivity index (χ3n) is 6.32. The second-order valence-corrected chi connectivity index (χ2v) is 9.27. The molecule has 1 fully saturated rings. The summed E-state index contributed by atoms with van der Waals surface area (Å²) in [6.07, 6.45) is -6.77. The maximum atomic E-state index is 14.9. The molecule has 4 rings (SSSR count). The minimum atomic E-state index is -4.51. The number of anilines is 2. The number of nitriles is 1. The lowest BCUT2D eigenvalue weighted by Gasteiger charge is -2.17. The fraction of sp³-hybridized carbons (Fsp3) is 0.259. The summed E-state index contributed by atoms with van der Waals surface area (Å²) in [5.74, 6) is -3.14. The van der Waals surface area contributed by atoms with Crippen molar-refractivity contribution < 1.29 is 40.7 Å². The van der Waals surface area contributed by atoms with Crippen LogP contribution < -0.4 is 9.86 Å². The van der Waals surface area contributed by atoms with E-state index in [4.69, 9.17) is 9.47 Å². The van der Waals surface area contributed by atoms with Crippen LogP contribution in [0.15, 0.2) is 66.7 Å². The number of benzene rings is 3. The van der Waals surface area contributed by atoms with Gasteiger partial charge in [0.25, 0.3) is 0 Å². The first-order chi connectivity index (χ1) is 17.8. The molecular formula is C27H20F6N2O3. The Morgan fingerprint density at radius 2 is 1.66 bits per heavy atom. The molecule has 1 aliphatic rings. The number of rotatable bonds is 7. The van der Waals surface area contributed by atoms with Gasteiger partial charge in [-0.1, -0.05) is 24.4 Å². The van der Waals surface area contributed by atoms with Crippen LogP contribution in [0.25, 0.3) is 0 Å². The number of hydrogen-bond donors (Lipinski definition) is 0. The van der Waals surface area contributed by atoms with Gasteiger partial charge in [0.2, 0.25) is 6.10 Å². The standard InChI is InChI=1S/C27H20F6N2O3/c1-26(2)23(24(26)37-19-10-4-16(5-11-19)27(30,31)32)25(36)38-22(14-34)15-3-12-20(29)21(13-15)35(33)18-8-6-17(28)7-9-18/h3-13,22-24H,1-2H3. The van der Waals surface area contributed by atoms with Crippen LogP contribution in [0.5, 0.6) is 5.75 Å². The number of nitrogens with zero attached hydrogens (tertiary/aromatic N) is 2. The van der Waals surface area contributed by atoms with E-state index in [1.165, 1.54) is 0 Å². The van der Waals surface area contributed by atoms with Crippen molar-refractivity contribution in [1.82, 2.24) is 0 Å². The molecule has 0 amide bonds. The van der Waals surface area contributed by atoms with Crippen molar-refractivity contribution in [2.24, 2.45) is 11.3 Å². The van der Waals surface area contributed by atoms with Crippen molar-refractivity contribution in [3.8, 4) is 11.8 Å². The number of alkyl halides is 3. The van der Waals surface area contributed by atoms with Crippen molar-refractivity contribution in [3.05, 3.63) is 89.5 Å². The normalized spacial score (nSPS) is 18.7. The number of carbonyl (C=O) groups excluding carboxylic acids is 1. The summed E-state index contributed by atoms with van der Waals surface area (Å²) in [5.41, 5.74) is -2.37. The van der Waals surface area contributed by atoms with Crippen LogP contribution in [-0.4, -0.2) is 12.1 Å². The molecular weight excluding hydrogens is 514 g/mol. The molecule has 3 aromatic rings. The second kappa shape index (κ2) is 9.93. The van der Waals surface area contributed by atoms with E-state index < -0.39 is 58.6 Å². The van der Waals surface area contributed by atoms with Gasteiger partial charge in [0, 0.05) is 11.0 Å². The first kappa shape index (κ1) is 26.9. The average Bonchev–Trinajstić information content (AvgIpc) is 3.42. The Morgan fingerprint density at radius 1 is 1.03 bits per heavy atom. The van der Waals surface area contributed by atoms with E-state index in [0.29, 0.717) is 0 Å². The third kappa shape index (κ3) is 5.39. The number of ether oxygens (including phenoxy) is 2.